The number of rotatable bonds is 5. The van der Waals surface area contributed by atoms with Crippen LogP contribution in [0.25, 0.3) is 11.2 Å². The lowest BCUT2D eigenvalue weighted by molar-refractivity contribution is -0.0910. The summed E-state index contributed by atoms with van der Waals surface area (Å²) in [6.07, 6.45) is 1.91. The van der Waals surface area contributed by atoms with Crippen molar-refractivity contribution in [2.45, 2.75) is 37.6 Å². The van der Waals surface area contributed by atoms with Crippen molar-refractivity contribution in [3.8, 4) is 0 Å². The van der Waals surface area contributed by atoms with Crippen LogP contribution in [-0.4, -0.2) is 96.3 Å². The van der Waals surface area contributed by atoms with Crippen LogP contribution in [0.4, 0.5) is 5.95 Å². The van der Waals surface area contributed by atoms with Gasteiger partial charge in [-0.05, 0) is 6.08 Å². The molecule has 5 atom stereocenters. The van der Waals surface area contributed by atoms with Gasteiger partial charge in [-0.15, -0.1) is 0 Å². The molecule has 8 N–H and O–H groups in total. The Morgan fingerprint density at radius 1 is 1.28 bits per heavy atom. The Bertz CT molecular complexity index is 1070. The fraction of sp³-hybridized carbons (Fsp3) is 0.529. The van der Waals surface area contributed by atoms with Gasteiger partial charge >= 0.3 is 0 Å². The molecule has 3 aliphatic heterocycles. The van der Waals surface area contributed by atoms with Crippen molar-refractivity contribution in [2.75, 3.05) is 25.6 Å². The smallest absolute Gasteiger partial charge is 0.280 e. The average Bonchev–Trinajstić information content (AvgIpc) is 3.41. The van der Waals surface area contributed by atoms with E-state index in [0.717, 1.165) is 0 Å². The monoisotopic (exact) mass is 452 g/mol. The number of fused-ring (bicyclic) bond motifs is 4. The predicted octanol–water partition coefficient (Wildman–Crippen LogP) is -3.40. The van der Waals surface area contributed by atoms with E-state index in [2.05, 4.69) is 19.9 Å². The Hall–Kier alpha value is -3.08. The zero-order chi connectivity index (χ0) is 22.8. The lowest BCUT2D eigenvalue weighted by atomic mass is 10.1. The molecule has 0 saturated carbocycles. The van der Waals surface area contributed by atoms with Crippen molar-refractivity contribution >= 4 is 22.9 Å². The molecule has 5 heterocycles. The normalized spacial score (nSPS) is 28.3. The fourth-order valence-corrected chi connectivity index (χ4v) is 3.47. The molecule has 0 bridgehead atoms. The highest BCUT2D eigenvalue weighted by Crippen LogP contribution is 2.36. The summed E-state index contributed by atoms with van der Waals surface area (Å²) in [5.74, 6) is 0.413. The van der Waals surface area contributed by atoms with Crippen LogP contribution in [0.3, 0.4) is 0 Å². The number of aromatic amines is 1. The number of nitrogens with two attached hydrogens (primary N) is 2. The van der Waals surface area contributed by atoms with Gasteiger partial charge < -0.3 is 45.9 Å². The van der Waals surface area contributed by atoms with Crippen LogP contribution >= 0.6 is 0 Å². The molecule has 0 radical (unpaired) electrons. The summed E-state index contributed by atoms with van der Waals surface area (Å²) < 4.78 is 17.6. The summed E-state index contributed by atoms with van der Waals surface area (Å²) in [6, 6.07) is 0. The molecule has 32 heavy (non-hydrogen) atoms. The van der Waals surface area contributed by atoms with Gasteiger partial charge in [0.2, 0.25) is 12.3 Å². The van der Waals surface area contributed by atoms with Crippen molar-refractivity contribution in [1.29, 1.82) is 0 Å². The van der Waals surface area contributed by atoms with E-state index >= 15 is 0 Å². The van der Waals surface area contributed by atoms with E-state index in [1.54, 1.807) is 17.2 Å². The summed E-state index contributed by atoms with van der Waals surface area (Å²) in [4.78, 5) is 27.4. The van der Waals surface area contributed by atoms with Gasteiger partial charge in [-0.1, -0.05) is 0 Å². The van der Waals surface area contributed by atoms with Crippen LogP contribution in [0, 0.1) is 0 Å². The summed E-state index contributed by atoms with van der Waals surface area (Å²) in [7, 11) is 0. The molecule has 0 aliphatic carbocycles. The second kappa shape index (κ2) is 9.19. The number of imidazole rings is 1. The molecule has 0 spiro atoms. The molecule has 5 rings (SSSR count). The predicted molar refractivity (Wildman–Crippen MR) is 109 cm³/mol. The maximum Gasteiger partial charge on any atom is 0.280 e. The van der Waals surface area contributed by atoms with Gasteiger partial charge in [0.05, 0.1) is 26.1 Å². The molecule has 15 nitrogen and oxygen atoms in total. The van der Waals surface area contributed by atoms with Crippen molar-refractivity contribution in [3.63, 3.8) is 0 Å². The van der Waals surface area contributed by atoms with Crippen LogP contribution in [-0.2, 0) is 20.9 Å². The molecular weight excluding hydrogens is 428 g/mol. The highest BCUT2D eigenvalue weighted by molar-refractivity contribution is 5.91. The van der Waals surface area contributed by atoms with E-state index in [-0.39, 0.29) is 43.6 Å². The summed E-state index contributed by atoms with van der Waals surface area (Å²) >= 11 is 0. The largest absolute Gasteiger partial charge is 0.394 e. The Morgan fingerprint density at radius 3 is 2.84 bits per heavy atom. The van der Waals surface area contributed by atoms with E-state index in [1.165, 1.54) is 10.9 Å². The maximum atomic E-state index is 11.4. The summed E-state index contributed by atoms with van der Waals surface area (Å²) in [5, 5.41) is 27.4. The second-order valence-electron chi connectivity index (χ2n) is 7.08. The zero-order valence-electron chi connectivity index (χ0n) is 16.8. The van der Waals surface area contributed by atoms with Gasteiger partial charge in [0.25, 0.3) is 5.56 Å². The van der Waals surface area contributed by atoms with Gasteiger partial charge in [0.1, 0.15) is 30.9 Å². The van der Waals surface area contributed by atoms with Crippen molar-refractivity contribution < 1.29 is 29.5 Å². The third kappa shape index (κ3) is 4.16. The molecule has 0 aromatic carbocycles. The minimum atomic E-state index is -0.842. The number of aliphatic imine (C=N–C) groups is 1. The number of nitrogens with one attached hydrogen (secondary N) is 1. The third-order valence-electron chi connectivity index (χ3n) is 4.96. The maximum absolute atomic E-state index is 11.4. The molecule has 2 aromatic rings. The Balaban J connectivity index is 0.000000153. The quantitative estimate of drug-likeness (QED) is 0.244. The van der Waals surface area contributed by atoms with Crippen LogP contribution in [0.2, 0.25) is 0 Å². The highest BCUT2D eigenvalue weighted by Gasteiger charge is 2.54. The van der Waals surface area contributed by atoms with Crippen molar-refractivity contribution in [2.24, 2.45) is 10.7 Å². The summed E-state index contributed by atoms with van der Waals surface area (Å²) in [6.45, 7) is 0.0687. The topological polar surface area (TPSA) is 220 Å². The zero-order valence-corrected chi connectivity index (χ0v) is 16.8. The van der Waals surface area contributed by atoms with Crippen LogP contribution in [0.15, 0.2) is 28.4 Å². The SMILES string of the molecule is NC1=NC2OC3C(O[C@H](CO)[C@H]3O)N2C=C1.Nc1nc2c(ncn2COCCO)c(=O)[nH]1. The van der Waals surface area contributed by atoms with Gasteiger partial charge in [0, 0.05) is 6.20 Å². The molecule has 2 aromatic heterocycles. The molecule has 15 heteroatoms. The Morgan fingerprint density at radius 2 is 2.09 bits per heavy atom. The highest BCUT2D eigenvalue weighted by atomic mass is 16.6. The van der Waals surface area contributed by atoms with Gasteiger partial charge in [-0.25, -0.2) is 9.98 Å². The number of ether oxygens (including phenoxy) is 3. The van der Waals surface area contributed by atoms with Crippen molar-refractivity contribution in [3.05, 3.63) is 29.0 Å². The van der Waals surface area contributed by atoms with Crippen LogP contribution < -0.4 is 17.0 Å². The van der Waals surface area contributed by atoms with Crippen LogP contribution in [0.5, 0.6) is 0 Å². The number of nitrogen functional groups attached to an aromatic ring is 1. The Kier molecular flexibility index (Phi) is 6.35. The van der Waals surface area contributed by atoms with Crippen molar-refractivity contribution in [1.82, 2.24) is 24.4 Å². The number of hydrogen-bond acceptors (Lipinski definition) is 13. The first kappa shape index (κ1) is 22.1. The number of aliphatic hydroxyl groups excluding tert-OH is 3. The number of aliphatic hydroxyl groups is 3. The molecule has 0 amide bonds. The number of amidine groups is 1. The van der Waals surface area contributed by atoms with E-state index in [1.807, 2.05) is 0 Å². The fourth-order valence-electron chi connectivity index (χ4n) is 3.47. The molecule has 2 fully saturated rings. The average molecular weight is 452 g/mol. The number of hydrogen-bond donors (Lipinski definition) is 6. The number of aromatic nitrogens is 4. The first-order chi connectivity index (χ1) is 15.4. The molecular formula is C17H24N8O7. The minimum Gasteiger partial charge on any atom is -0.394 e. The second-order valence-corrected chi connectivity index (χ2v) is 7.08. The van der Waals surface area contributed by atoms with E-state index in [0.29, 0.717) is 11.5 Å². The van der Waals surface area contributed by atoms with E-state index < -0.39 is 30.9 Å². The van der Waals surface area contributed by atoms with E-state index in [4.69, 9.17) is 35.9 Å². The first-order valence-corrected chi connectivity index (χ1v) is 9.71. The van der Waals surface area contributed by atoms with Gasteiger partial charge in [-0.3, -0.25) is 14.3 Å². The number of nitrogens with zero attached hydrogens (tertiary/aromatic N) is 5. The molecule has 3 aliphatic rings. The third-order valence-corrected chi connectivity index (χ3v) is 4.96. The lowest BCUT2D eigenvalue weighted by Crippen LogP contribution is -2.37. The minimum absolute atomic E-state index is 0.0291. The van der Waals surface area contributed by atoms with Crippen LogP contribution in [0.1, 0.15) is 0 Å². The standard InChI is InChI=1S/C9H13N3O4.C8H11N5O3/c10-5-1-2-12-8-7(16-9(12)11-5)6(14)4(3-13)15-8;9-8-11-6-5(7(15)12-8)10-3-13(6)4-16-2-1-14/h1-2,4,6-9,13-14H,3H2,(H2,10,11);3,14H,1-2,4H2,(H3,9,11,12,15)/t4-,6-,7?,8?,9?;/m1./s1. The molecule has 2 saturated heterocycles. The first-order valence-electron chi connectivity index (χ1n) is 9.71. The van der Waals surface area contributed by atoms with E-state index in [9.17, 15) is 9.90 Å². The molecule has 174 valence electrons. The number of anilines is 1. The van der Waals surface area contributed by atoms with Gasteiger partial charge in [0.15, 0.2) is 17.4 Å². The molecule has 3 unspecified atom stereocenters. The van der Waals surface area contributed by atoms with Gasteiger partial charge in [-0.2, -0.15) is 4.98 Å². The summed E-state index contributed by atoms with van der Waals surface area (Å²) in [5.41, 5.74) is 11.1. The Labute approximate surface area is 180 Å². The number of H-pyrrole nitrogens is 1. The lowest BCUT2D eigenvalue weighted by Gasteiger charge is -2.26.